The Labute approximate surface area is 109 Å². The van der Waals surface area contributed by atoms with Gasteiger partial charge in [0.15, 0.2) is 0 Å². The van der Waals surface area contributed by atoms with E-state index in [1.165, 1.54) is 0 Å². The first-order chi connectivity index (χ1) is 8.17. The van der Waals surface area contributed by atoms with E-state index in [4.69, 9.17) is 16.3 Å². The highest BCUT2D eigenvalue weighted by atomic mass is 35.5. The topological polar surface area (TPSA) is 21.3 Å². The van der Waals surface area contributed by atoms with E-state index >= 15 is 0 Å². The molecule has 17 heavy (non-hydrogen) atoms. The van der Waals surface area contributed by atoms with Crippen molar-refractivity contribution in [3.63, 3.8) is 0 Å². The predicted octanol–water partition coefficient (Wildman–Crippen LogP) is 3.81. The predicted molar refractivity (Wildman–Crippen MR) is 74.1 cm³/mol. The van der Waals surface area contributed by atoms with Crippen molar-refractivity contribution in [3.8, 4) is 5.75 Å². The molecule has 96 valence electrons. The lowest BCUT2D eigenvalue weighted by Crippen LogP contribution is -2.34. The average Bonchev–Trinajstić information content (AvgIpc) is 2.34. The zero-order valence-electron chi connectivity index (χ0n) is 10.9. The molecule has 1 atom stereocenters. The maximum absolute atomic E-state index is 5.97. The van der Waals surface area contributed by atoms with Gasteiger partial charge in [-0.25, -0.2) is 0 Å². The molecule has 0 radical (unpaired) electrons. The molecule has 3 heteroatoms. The molecular formula is C14H22ClNO. The summed E-state index contributed by atoms with van der Waals surface area (Å²) in [5, 5.41) is 4.25. The van der Waals surface area contributed by atoms with Gasteiger partial charge >= 0.3 is 0 Å². The lowest BCUT2D eigenvalue weighted by molar-refractivity contribution is 0.260. The molecule has 0 fully saturated rings. The monoisotopic (exact) mass is 255 g/mol. The second-order valence-electron chi connectivity index (χ2n) is 4.28. The molecule has 0 saturated heterocycles. The van der Waals surface area contributed by atoms with Gasteiger partial charge < -0.3 is 10.1 Å². The summed E-state index contributed by atoms with van der Waals surface area (Å²) in [4.78, 5) is 0. The van der Waals surface area contributed by atoms with E-state index in [1.54, 1.807) is 0 Å². The molecule has 0 heterocycles. The molecule has 1 N–H and O–H groups in total. The highest BCUT2D eigenvalue weighted by Crippen LogP contribution is 2.21. The van der Waals surface area contributed by atoms with Crippen LogP contribution in [0.2, 0.25) is 5.02 Å². The molecule has 0 aliphatic carbocycles. The number of aryl methyl sites for hydroxylation is 1. The first kappa shape index (κ1) is 14.3. The third-order valence-corrected chi connectivity index (χ3v) is 3.18. The van der Waals surface area contributed by atoms with Gasteiger partial charge in [-0.3, -0.25) is 0 Å². The van der Waals surface area contributed by atoms with Gasteiger partial charge in [0.25, 0.3) is 0 Å². The van der Waals surface area contributed by atoms with Crippen molar-refractivity contribution in [2.75, 3.05) is 13.2 Å². The van der Waals surface area contributed by atoms with Crippen LogP contribution in [0.15, 0.2) is 18.2 Å². The second-order valence-corrected chi connectivity index (χ2v) is 4.69. The number of hydrogen-bond donors (Lipinski definition) is 1. The Morgan fingerprint density at radius 1 is 1.35 bits per heavy atom. The Morgan fingerprint density at radius 2 is 2.12 bits per heavy atom. The highest BCUT2D eigenvalue weighted by molar-refractivity contribution is 6.31. The fourth-order valence-corrected chi connectivity index (χ4v) is 1.69. The van der Waals surface area contributed by atoms with E-state index in [2.05, 4.69) is 19.2 Å². The van der Waals surface area contributed by atoms with Gasteiger partial charge in [-0.05, 0) is 50.1 Å². The van der Waals surface area contributed by atoms with Crippen LogP contribution in [0.4, 0.5) is 0 Å². The SMILES string of the molecule is CCCNC(CC)COc1ccc(Cl)c(C)c1. The van der Waals surface area contributed by atoms with Crippen LogP contribution in [0.3, 0.4) is 0 Å². The van der Waals surface area contributed by atoms with Crippen molar-refractivity contribution >= 4 is 11.6 Å². The lowest BCUT2D eigenvalue weighted by Gasteiger charge is -2.17. The van der Waals surface area contributed by atoms with Crippen molar-refractivity contribution in [1.82, 2.24) is 5.32 Å². The van der Waals surface area contributed by atoms with Crippen molar-refractivity contribution in [1.29, 1.82) is 0 Å². The third kappa shape index (κ3) is 4.97. The summed E-state index contributed by atoms with van der Waals surface area (Å²) in [5.74, 6) is 0.892. The van der Waals surface area contributed by atoms with Gasteiger partial charge in [-0.15, -0.1) is 0 Å². The smallest absolute Gasteiger partial charge is 0.119 e. The summed E-state index contributed by atoms with van der Waals surface area (Å²) in [5.41, 5.74) is 1.05. The number of benzene rings is 1. The normalized spacial score (nSPS) is 12.5. The first-order valence-electron chi connectivity index (χ1n) is 6.29. The van der Waals surface area contributed by atoms with E-state index in [0.29, 0.717) is 12.6 Å². The Bertz CT molecular complexity index is 341. The highest BCUT2D eigenvalue weighted by Gasteiger charge is 2.06. The Morgan fingerprint density at radius 3 is 2.71 bits per heavy atom. The number of nitrogens with one attached hydrogen (secondary N) is 1. The fourth-order valence-electron chi connectivity index (χ4n) is 1.57. The number of halogens is 1. The summed E-state index contributed by atoms with van der Waals surface area (Å²) in [6.07, 6.45) is 2.23. The van der Waals surface area contributed by atoms with Crippen LogP contribution < -0.4 is 10.1 Å². The third-order valence-electron chi connectivity index (χ3n) is 2.76. The van der Waals surface area contributed by atoms with E-state index < -0.39 is 0 Å². The number of hydrogen-bond acceptors (Lipinski definition) is 2. The largest absolute Gasteiger partial charge is 0.492 e. The zero-order chi connectivity index (χ0) is 12.7. The van der Waals surface area contributed by atoms with Crippen molar-refractivity contribution < 1.29 is 4.74 Å². The first-order valence-corrected chi connectivity index (χ1v) is 6.67. The molecule has 1 aromatic rings. The minimum absolute atomic E-state index is 0.422. The van der Waals surface area contributed by atoms with Crippen LogP contribution in [0.25, 0.3) is 0 Å². The van der Waals surface area contributed by atoms with Crippen LogP contribution in [-0.2, 0) is 0 Å². The van der Waals surface area contributed by atoms with Crippen LogP contribution in [-0.4, -0.2) is 19.2 Å². The molecule has 1 aromatic carbocycles. The van der Waals surface area contributed by atoms with Gasteiger partial charge in [0.05, 0.1) is 0 Å². The summed E-state index contributed by atoms with van der Waals surface area (Å²) in [6, 6.07) is 6.20. The molecular weight excluding hydrogens is 234 g/mol. The Kier molecular flexibility index (Phi) is 6.38. The molecule has 1 rings (SSSR count). The maximum atomic E-state index is 5.97. The van der Waals surface area contributed by atoms with Gasteiger partial charge in [0, 0.05) is 11.1 Å². The van der Waals surface area contributed by atoms with Crippen LogP contribution in [0.1, 0.15) is 32.3 Å². The van der Waals surface area contributed by atoms with Gasteiger partial charge in [-0.2, -0.15) is 0 Å². The Hall–Kier alpha value is -0.730. The molecule has 0 amide bonds. The zero-order valence-corrected chi connectivity index (χ0v) is 11.7. The number of rotatable bonds is 7. The minimum Gasteiger partial charge on any atom is -0.492 e. The fraction of sp³-hybridized carbons (Fsp3) is 0.571. The van der Waals surface area contributed by atoms with E-state index in [1.807, 2.05) is 25.1 Å². The summed E-state index contributed by atoms with van der Waals surface area (Å²) in [6.45, 7) is 8.08. The van der Waals surface area contributed by atoms with Crippen molar-refractivity contribution in [2.45, 2.75) is 39.7 Å². The summed E-state index contributed by atoms with van der Waals surface area (Å²) in [7, 11) is 0. The van der Waals surface area contributed by atoms with E-state index in [-0.39, 0.29) is 0 Å². The second kappa shape index (κ2) is 7.57. The molecule has 1 unspecified atom stereocenters. The molecule has 0 aromatic heterocycles. The van der Waals surface area contributed by atoms with Gasteiger partial charge in [-0.1, -0.05) is 25.4 Å². The standard InChI is InChI=1S/C14H22ClNO/c1-4-8-16-12(5-2)10-17-13-6-7-14(15)11(3)9-13/h6-7,9,12,16H,4-5,8,10H2,1-3H3. The molecule has 0 aliphatic heterocycles. The summed E-state index contributed by atoms with van der Waals surface area (Å²) >= 11 is 5.97. The summed E-state index contributed by atoms with van der Waals surface area (Å²) < 4.78 is 5.77. The van der Waals surface area contributed by atoms with E-state index in [9.17, 15) is 0 Å². The molecule has 0 bridgehead atoms. The van der Waals surface area contributed by atoms with Gasteiger partial charge in [0.2, 0.25) is 0 Å². The van der Waals surface area contributed by atoms with E-state index in [0.717, 1.165) is 35.7 Å². The molecule has 0 aliphatic rings. The molecule has 2 nitrogen and oxygen atoms in total. The van der Waals surface area contributed by atoms with Crippen LogP contribution >= 0.6 is 11.6 Å². The van der Waals surface area contributed by atoms with Crippen molar-refractivity contribution in [3.05, 3.63) is 28.8 Å². The molecule has 0 spiro atoms. The maximum Gasteiger partial charge on any atom is 0.119 e. The van der Waals surface area contributed by atoms with Gasteiger partial charge in [0.1, 0.15) is 12.4 Å². The minimum atomic E-state index is 0.422. The van der Waals surface area contributed by atoms with Crippen molar-refractivity contribution in [2.24, 2.45) is 0 Å². The van der Waals surface area contributed by atoms with Crippen LogP contribution in [0.5, 0.6) is 5.75 Å². The Balaban J connectivity index is 2.45. The average molecular weight is 256 g/mol. The quantitative estimate of drug-likeness (QED) is 0.800. The van der Waals surface area contributed by atoms with Crippen LogP contribution in [0, 0.1) is 6.92 Å². The lowest BCUT2D eigenvalue weighted by atomic mass is 10.2. The number of ether oxygens (including phenoxy) is 1. The molecule has 0 saturated carbocycles.